The first kappa shape index (κ1) is 19.9. The number of carbonyl (C=O) groups excluding carboxylic acids is 2. The van der Waals surface area contributed by atoms with Crippen LogP contribution in [0.25, 0.3) is 0 Å². The molecular weight excluding hydrogens is 354 g/mol. The normalized spacial score (nSPS) is 9.93. The van der Waals surface area contributed by atoms with E-state index in [1.165, 1.54) is 33.5 Å². The number of ether oxygens (including phenoxy) is 5. The van der Waals surface area contributed by atoms with Gasteiger partial charge in [-0.05, 0) is 24.3 Å². The van der Waals surface area contributed by atoms with Crippen molar-refractivity contribution in [1.82, 2.24) is 0 Å². The fraction of sp³-hybridized carbons (Fsp3) is 0.263. The average Bonchev–Trinajstić information content (AvgIpc) is 2.71. The number of hydrogen-bond donors (Lipinski definition) is 1. The second-order valence-corrected chi connectivity index (χ2v) is 5.26. The first-order valence-corrected chi connectivity index (χ1v) is 7.93. The molecule has 0 bridgehead atoms. The number of nitrogens with one attached hydrogen (secondary N) is 1. The molecule has 0 aliphatic rings. The Hall–Kier alpha value is -3.42. The van der Waals surface area contributed by atoms with Crippen molar-refractivity contribution in [3.8, 4) is 23.0 Å². The van der Waals surface area contributed by atoms with Crippen LogP contribution in [0.3, 0.4) is 0 Å². The van der Waals surface area contributed by atoms with E-state index in [0.717, 1.165) is 0 Å². The Kier molecular flexibility index (Phi) is 6.87. The molecule has 0 aromatic heterocycles. The Morgan fingerprint density at radius 2 is 1.44 bits per heavy atom. The highest BCUT2D eigenvalue weighted by Gasteiger charge is 2.19. The monoisotopic (exact) mass is 375 g/mol. The lowest BCUT2D eigenvalue weighted by Crippen LogP contribution is -2.22. The van der Waals surface area contributed by atoms with Crippen molar-refractivity contribution in [2.45, 2.75) is 0 Å². The summed E-state index contributed by atoms with van der Waals surface area (Å²) in [6.07, 6.45) is 0. The van der Waals surface area contributed by atoms with Crippen LogP contribution in [0.4, 0.5) is 5.69 Å². The minimum Gasteiger partial charge on any atom is -0.497 e. The molecule has 0 saturated heterocycles. The van der Waals surface area contributed by atoms with Crippen LogP contribution >= 0.6 is 0 Å². The second kappa shape index (κ2) is 9.33. The smallest absolute Gasteiger partial charge is 0.340 e. The lowest BCUT2D eigenvalue weighted by molar-refractivity contribution is -0.118. The summed E-state index contributed by atoms with van der Waals surface area (Å²) in [5.41, 5.74) is 0.357. The summed E-state index contributed by atoms with van der Waals surface area (Å²) in [6, 6.07) is 9.72. The molecule has 0 saturated carbocycles. The summed E-state index contributed by atoms with van der Waals surface area (Å²) in [4.78, 5) is 24.3. The topological polar surface area (TPSA) is 92.3 Å². The zero-order valence-corrected chi connectivity index (χ0v) is 15.5. The van der Waals surface area contributed by atoms with Crippen LogP contribution in [-0.2, 0) is 9.53 Å². The van der Waals surface area contributed by atoms with Gasteiger partial charge >= 0.3 is 5.97 Å². The molecule has 0 atom stereocenters. The average molecular weight is 375 g/mol. The van der Waals surface area contributed by atoms with Crippen LogP contribution in [0.1, 0.15) is 10.4 Å². The zero-order chi connectivity index (χ0) is 19.8. The fourth-order valence-electron chi connectivity index (χ4n) is 2.27. The van der Waals surface area contributed by atoms with E-state index >= 15 is 0 Å². The molecule has 0 heterocycles. The van der Waals surface area contributed by atoms with Gasteiger partial charge in [0.25, 0.3) is 5.91 Å². The summed E-state index contributed by atoms with van der Waals surface area (Å²) in [7, 11) is 5.71. The lowest BCUT2D eigenvalue weighted by Gasteiger charge is -2.15. The van der Waals surface area contributed by atoms with E-state index < -0.39 is 11.9 Å². The number of anilines is 1. The van der Waals surface area contributed by atoms with Crippen molar-refractivity contribution in [1.29, 1.82) is 0 Å². The van der Waals surface area contributed by atoms with Gasteiger partial charge in [-0.2, -0.15) is 0 Å². The molecule has 2 aromatic carbocycles. The van der Waals surface area contributed by atoms with Crippen LogP contribution in [0, 0.1) is 0 Å². The van der Waals surface area contributed by atoms with Gasteiger partial charge < -0.3 is 29.0 Å². The summed E-state index contributed by atoms with van der Waals surface area (Å²) < 4.78 is 25.6. The Bertz CT molecular complexity index is 802. The number of hydrogen-bond acceptors (Lipinski definition) is 7. The second-order valence-electron chi connectivity index (χ2n) is 5.26. The number of amides is 1. The van der Waals surface area contributed by atoms with E-state index in [2.05, 4.69) is 5.32 Å². The number of rotatable bonds is 8. The van der Waals surface area contributed by atoms with E-state index in [-0.39, 0.29) is 17.9 Å². The predicted octanol–water partition coefficient (Wildman–Crippen LogP) is 2.52. The highest BCUT2D eigenvalue weighted by Crippen LogP contribution is 2.33. The predicted molar refractivity (Wildman–Crippen MR) is 98.0 cm³/mol. The van der Waals surface area contributed by atoms with Gasteiger partial charge in [-0.1, -0.05) is 0 Å². The Morgan fingerprint density at radius 1 is 0.852 bits per heavy atom. The van der Waals surface area contributed by atoms with Crippen molar-refractivity contribution in [2.24, 2.45) is 0 Å². The van der Waals surface area contributed by atoms with Crippen LogP contribution in [-0.4, -0.2) is 46.9 Å². The van der Waals surface area contributed by atoms with Crippen molar-refractivity contribution < 1.29 is 33.3 Å². The van der Waals surface area contributed by atoms with Crippen LogP contribution in [0.5, 0.6) is 23.0 Å². The molecule has 0 aliphatic heterocycles. The maximum absolute atomic E-state index is 12.2. The van der Waals surface area contributed by atoms with E-state index in [0.29, 0.717) is 23.0 Å². The first-order chi connectivity index (χ1) is 13.0. The Balaban J connectivity index is 2.13. The maximum atomic E-state index is 12.2. The number of esters is 1. The van der Waals surface area contributed by atoms with Crippen molar-refractivity contribution in [3.05, 3.63) is 42.0 Å². The third-order valence-electron chi connectivity index (χ3n) is 3.63. The molecular formula is C19H21NO7. The molecule has 0 fully saturated rings. The van der Waals surface area contributed by atoms with Gasteiger partial charge in [0.15, 0.2) is 18.1 Å². The Morgan fingerprint density at radius 3 is 2.00 bits per heavy atom. The summed E-state index contributed by atoms with van der Waals surface area (Å²) in [5, 5.41) is 2.62. The van der Waals surface area contributed by atoms with Crippen molar-refractivity contribution >= 4 is 17.6 Å². The van der Waals surface area contributed by atoms with E-state index in [9.17, 15) is 9.59 Å². The van der Waals surface area contributed by atoms with Gasteiger partial charge in [0, 0.05) is 12.1 Å². The van der Waals surface area contributed by atoms with Gasteiger partial charge in [-0.3, -0.25) is 4.79 Å². The Labute approximate surface area is 156 Å². The minimum atomic E-state index is -0.623. The molecule has 1 N–H and O–H groups in total. The van der Waals surface area contributed by atoms with Crippen LogP contribution < -0.4 is 24.3 Å². The highest BCUT2D eigenvalue weighted by atomic mass is 16.5. The number of benzene rings is 2. The summed E-state index contributed by atoms with van der Waals surface area (Å²) >= 11 is 0. The van der Waals surface area contributed by atoms with E-state index in [1.54, 1.807) is 31.4 Å². The molecule has 144 valence electrons. The van der Waals surface area contributed by atoms with Crippen LogP contribution in [0.2, 0.25) is 0 Å². The molecule has 2 rings (SSSR count). The van der Waals surface area contributed by atoms with Crippen molar-refractivity contribution in [3.63, 3.8) is 0 Å². The highest BCUT2D eigenvalue weighted by molar-refractivity contribution is 6.02. The molecule has 0 aliphatic carbocycles. The van der Waals surface area contributed by atoms with Gasteiger partial charge in [0.1, 0.15) is 11.5 Å². The van der Waals surface area contributed by atoms with Gasteiger partial charge in [0.2, 0.25) is 0 Å². The molecule has 0 radical (unpaired) electrons. The summed E-state index contributed by atoms with van der Waals surface area (Å²) in [5.74, 6) is 0.804. The molecule has 8 heteroatoms. The molecule has 0 spiro atoms. The fourth-order valence-corrected chi connectivity index (χ4v) is 2.27. The van der Waals surface area contributed by atoms with Gasteiger partial charge in [-0.25, -0.2) is 4.79 Å². The quantitative estimate of drug-likeness (QED) is 0.709. The van der Waals surface area contributed by atoms with Gasteiger partial charge in [0.05, 0.1) is 39.7 Å². The van der Waals surface area contributed by atoms with E-state index in [1.807, 2.05) is 0 Å². The van der Waals surface area contributed by atoms with Crippen LogP contribution in [0.15, 0.2) is 36.4 Å². The lowest BCUT2D eigenvalue weighted by atomic mass is 10.1. The number of carbonyl (C=O) groups is 2. The third kappa shape index (κ3) is 5.04. The molecule has 2 aromatic rings. The van der Waals surface area contributed by atoms with Gasteiger partial charge in [-0.15, -0.1) is 0 Å². The minimum absolute atomic E-state index is 0.132. The summed E-state index contributed by atoms with van der Waals surface area (Å²) in [6.45, 7) is -0.249. The first-order valence-electron chi connectivity index (χ1n) is 7.93. The molecule has 8 nitrogen and oxygen atoms in total. The molecule has 27 heavy (non-hydrogen) atoms. The largest absolute Gasteiger partial charge is 0.497 e. The van der Waals surface area contributed by atoms with Crippen molar-refractivity contribution in [2.75, 3.05) is 40.4 Å². The van der Waals surface area contributed by atoms with E-state index in [4.69, 9.17) is 23.7 Å². The standard InChI is InChI=1S/C19H21NO7/c1-23-12-5-7-13(8-6-12)27-11-18(21)20-15-10-17(25-3)16(24-2)9-14(15)19(22)26-4/h5-10H,11H2,1-4H3,(H,20,21). The SMILES string of the molecule is COC(=O)c1cc(OC)c(OC)cc1NC(=O)COc1ccc(OC)cc1. The molecule has 1 amide bonds. The molecule has 0 unspecified atom stereocenters. The maximum Gasteiger partial charge on any atom is 0.340 e. The third-order valence-corrected chi connectivity index (χ3v) is 3.63. The number of methoxy groups -OCH3 is 4. The zero-order valence-electron chi connectivity index (χ0n) is 15.5.